The number of hydrogen-bond acceptors (Lipinski definition) is 2. The monoisotopic (exact) mass is 226 g/mol. The van der Waals surface area contributed by atoms with Crippen molar-refractivity contribution < 1.29 is 0 Å². The van der Waals surface area contributed by atoms with Gasteiger partial charge < -0.3 is 0 Å². The lowest BCUT2D eigenvalue weighted by molar-refractivity contribution is 0.938. The Bertz CT molecular complexity index is 306. The van der Waals surface area contributed by atoms with Crippen LogP contribution in [0.5, 0.6) is 0 Å². The van der Waals surface area contributed by atoms with Gasteiger partial charge in [0.05, 0.1) is 0 Å². The van der Waals surface area contributed by atoms with E-state index in [0.717, 1.165) is 16.6 Å². The zero-order chi connectivity index (χ0) is 8.81. The topological polar surface area (TPSA) is 61.7 Å². The van der Waals surface area contributed by atoms with Crippen LogP contribution in [-0.4, -0.2) is 11.5 Å². The number of rotatable bonds is 3. The molecule has 1 aromatic heterocycles. The number of aromatic nitrogens is 1. The maximum absolute atomic E-state index is 8.04. The first kappa shape index (κ1) is 9.03. The highest BCUT2D eigenvalue weighted by atomic mass is 79.9. The van der Waals surface area contributed by atoms with Crippen molar-refractivity contribution in [1.82, 2.24) is 4.98 Å². The van der Waals surface area contributed by atoms with Crippen LogP contribution >= 0.6 is 15.9 Å². The second kappa shape index (κ2) is 4.74. The van der Waals surface area contributed by atoms with Crippen molar-refractivity contribution in [3.63, 3.8) is 0 Å². The van der Waals surface area contributed by atoms with Crippen molar-refractivity contribution in [3.05, 3.63) is 38.9 Å². The molecule has 0 unspecified atom stereocenters. The second-order valence-electron chi connectivity index (χ2n) is 2.16. The van der Waals surface area contributed by atoms with Gasteiger partial charge in [-0.25, -0.2) is 4.98 Å². The third-order valence-electron chi connectivity index (χ3n) is 1.38. The highest BCUT2D eigenvalue weighted by Crippen LogP contribution is 2.12. The van der Waals surface area contributed by atoms with Crippen molar-refractivity contribution >= 4 is 15.9 Å². The molecule has 4 nitrogen and oxygen atoms in total. The molecule has 62 valence electrons. The van der Waals surface area contributed by atoms with Gasteiger partial charge in [0.25, 0.3) is 0 Å². The van der Waals surface area contributed by atoms with Gasteiger partial charge in [-0.15, -0.1) is 0 Å². The van der Waals surface area contributed by atoms with Crippen LogP contribution in [0, 0.1) is 0 Å². The Kier molecular flexibility index (Phi) is 3.57. The van der Waals surface area contributed by atoms with E-state index in [1.165, 1.54) is 0 Å². The third-order valence-corrected chi connectivity index (χ3v) is 2.09. The summed E-state index contributed by atoms with van der Waals surface area (Å²) in [6, 6.07) is 3.81. The standard InChI is InChI=1S/C7H7BrN4/c8-7-6(2-1-4-10-7)3-5-11-12-9/h1-2,4H,3,5H2. The minimum absolute atomic E-state index is 0.473. The highest BCUT2D eigenvalue weighted by Gasteiger charge is 1.97. The quantitative estimate of drug-likeness (QED) is 0.339. The van der Waals surface area contributed by atoms with Gasteiger partial charge in [0, 0.05) is 17.7 Å². The number of pyridine rings is 1. The smallest absolute Gasteiger partial charge is 0.109 e. The molecule has 1 aromatic rings. The van der Waals surface area contributed by atoms with Crippen molar-refractivity contribution in [2.24, 2.45) is 5.11 Å². The van der Waals surface area contributed by atoms with Crippen LogP contribution in [0.3, 0.4) is 0 Å². The summed E-state index contributed by atoms with van der Waals surface area (Å²) in [6.45, 7) is 0.473. The minimum atomic E-state index is 0.473. The molecule has 0 saturated carbocycles. The summed E-state index contributed by atoms with van der Waals surface area (Å²) < 4.78 is 0.818. The summed E-state index contributed by atoms with van der Waals surface area (Å²) in [5.74, 6) is 0. The van der Waals surface area contributed by atoms with Gasteiger partial charge in [0.1, 0.15) is 4.60 Å². The van der Waals surface area contributed by atoms with Crippen LogP contribution in [0.1, 0.15) is 5.56 Å². The molecule has 0 aliphatic rings. The van der Waals surface area contributed by atoms with Gasteiger partial charge in [-0.3, -0.25) is 0 Å². The van der Waals surface area contributed by atoms with Gasteiger partial charge in [-0.05, 0) is 39.5 Å². The lowest BCUT2D eigenvalue weighted by Crippen LogP contribution is -1.91. The van der Waals surface area contributed by atoms with E-state index in [4.69, 9.17) is 5.53 Å². The summed E-state index contributed by atoms with van der Waals surface area (Å²) in [6.07, 6.45) is 2.43. The Balaban J connectivity index is 2.62. The molecule has 1 rings (SSSR count). The summed E-state index contributed by atoms with van der Waals surface area (Å²) >= 11 is 3.30. The molecule has 0 aliphatic heterocycles. The lowest BCUT2D eigenvalue weighted by Gasteiger charge is -1.98. The Morgan fingerprint density at radius 1 is 1.67 bits per heavy atom. The normalized spacial score (nSPS) is 9.08. The summed E-state index contributed by atoms with van der Waals surface area (Å²) in [5, 5.41) is 3.44. The molecule has 0 aliphatic carbocycles. The molecule has 1 heterocycles. The SMILES string of the molecule is [N-]=[N+]=NCCc1cccnc1Br. The molecular formula is C7H7BrN4. The second-order valence-corrected chi connectivity index (χ2v) is 2.91. The fourth-order valence-corrected chi connectivity index (χ4v) is 1.27. The van der Waals surface area contributed by atoms with Gasteiger partial charge in [-0.2, -0.15) is 0 Å². The Morgan fingerprint density at radius 2 is 2.50 bits per heavy atom. The summed E-state index contributed by atoms with van der Waals surface area (Å²) in [7, 11) is 0. The molecule has 0 N–H and O–H groups in total. The molecule has 5 heteroatoms. The molecule has 0 atom stereocenters. The zero-order valence-corrected chi connectivity index (χ0v) is 7.90. The van der Waals surface area contributed by atoms with E-state index < -0.39 is 0 Å². The van der Waals surface area contributed by atoms with Gasteiger partial charge >= 0.3 is 0 Å². The summed E-state index contributed by atoms with van der Waals surface area (Å²) in [4.78, 5) is 6.71. The molecule has 0 fully saturated rings. The first-order valence-electron chi connectivity index (χ1n) is 3.45. The summed E-state index contributed by atoms with van der Waals surface area (Å²) in [5.41, 5.74) is 9.10. The number of halogens is 1. The number of hydrogen-bond donors (Lipinski definition) is 0. The van der Waals surface area contributed by atoms with E-state index in [1.807, 2.05) is 12.1 Å². The Labute approximate surface area is 78.4 Å². The largest absolute Gasteiger partial charge is 0.249 e. The predicted octanol–water partition coefficient (Wildman–Crippen LogP) is 2.70. The van der Waals surface area contributed by atoms with Crippen molar-refractivity contribution in [1.29, 1.82) is 0 Å². The molecule has 0 radical (unpaired) electrons. The molecule has 0 saturated heterocycles. The van der Waals surface area contributed by atoms with E-state index in [1.54, 1.807) is 6.20 Å². The van der Waals surface area contributed by atoms with Crippen LogP contribution in [-0.2, 0) is 6.42 Å². The Morgan fingerprint density at radius 3 is 3.17 bits per heavy atom. The first-order chi connectivity index (χ1) is 5.84. The highest BCUT2D eigenvalue weighted by molar-refractivity contribution is 9.10. The molecule has 0 aromatic carbocycles. The third kappa shape index (κ3) is 2.53. The van der Waals surface area contributed by atoms with Crippen molar-refractivity contribution in [2.75, 3.05) is 6.54 Å². The molecule has 0 spiro atoms. The van der Waals surface area contributed by atoms with Crippen molar-refractivity contribution in [3.8, 4) is 0 Å². The molecular weight excluding hydrogens is 220 g/mol. The van der Waals surface area contributed by atoms with E-state index in [2.05, 4.69) is 30.9 Å². The fraction of sp³-hybridized carbons (Fsp3) is 0.286. The van der Waals surface area contributed by atoms with Gasteiger partial charge in [0.2, 0.25) is 0 Å². The van der Waals surface area contributed by atoms with E-state index in [9.17, 15) is 0 Å². The average molecular weight is 227 g/mol. The van der Waals surface area contributed by atoms with E-state index in [0.29, 0.717) is 6.54 Å². The lowest BCUT2D eigenvalue weighted by atomic mass is 10.2. The Hall–Kier alpha value is -1.06. The molecule has 0 amide bonds. The zero-order valence-electron chi connectivity index (χ0n) is 6.31. The minimum Gasteiger partial charge on any atom is -0.249 e. The first-order valence-corrected chi connectivity index (χ1v) is 4.24. The average Bonchev–Trinajstić information content (AvgIpc) is 2.09. The van der Waals surface area contributed by atoms with Crippen LogP contribution in [0.15, 0.2) is 28.0 Å². The van der Waals surface area contributed by atoms with Gasteiger partial charge in [-0.1, -0.05) is 11.2 Å². The number of nitrogens with zero attached hydrogens (tertiary/aromatic N) is 4. The van der Waals surface area contributed by atoms with Crippen LogP contribution < -0.4 is 0 Å². The fourth-order valence-electron chi connectivity index (χ4n) is 0.821. The van der Waals surface area contributed by atoms with Crippen LogP contribution in [0.4, 0.5) is 0 Å². The van der Waals surface area contributed by atoms with Crippen molar-refractivity contribution in [2.45, 2.75) is 6.42 Å². The predicted molar refractivity (Wildman–Crippen MR) is 49.7 cm³/mol. The van der Waals surface area contributed by atoms with Crippen LogP contribution in [0.25, 0.3) is 10.4 Å². The molecule has 0 bridgehead atoms. The van der Waals surface area contributed by atoms with Crippen LogP contribution in [0.2, 0.25) is 0 Å². The van der Waals surface area contributed by atoms with E-state index >= 15 is 0 Å². The number of azide groups is 1. The molecule has 12 heavy (non-hydrogen) atoms. The maximum atomic E-state index is 8.04. The maximum Gasteiger partial charge on any atom is 0.109 e. The van der Waals surface area contributed by atoms with Gasteiger partial charge in [0.15, 0.2) is 0 Å². The van der Waals surface area contributed by atoms with E-state index in [-0.39, 0.29) is 0 Å².